The molecule has 0 N–H and O–H groups in total. The second-order valence-electron chi connectivity index (χ2n) is 11.2. The molecule has 0 radical (unpaired) electrons. The number of alkyl halides is 1. The van der Waals surface area contributed by atoms with Gasteiger partial charge < -0.3 is 9.47 Å². The van der Waals surface area contributed by atoms with E-state index < -0.39 is 5.38 Å². The van der Waals surface area contributed by atoms with Crippen LogP contribution in [0.4, 0.5) is 0 Å². The maximum Gasteiger partial charge on any atom is 0.305 e. The van der Waals surface area contributed by atoms with Crippen molar-refractivity contribution in [2.24, 2.45) is 0 Å². The van der Waals surface area contributed by atoms with Crippen LogP contribution in [-0.4, -0.2) is 30.5 Å². The first-order valence-corrected chi connectivity index (χ1v) is 17.9. The lowest BCUT2D eigenvalue weighted by Gasteiger charge is -2.11. The van der Waals surface area contributed by atoms with Crippen molar-refractivity contribution in [3.05, 3.63) is 72.9 Å². The summed E-state index contributed by atoms with van der Waals surface area (Å²) in [6.07, 6.45) is 46.7. The van der Waals surface area contributed by atoms with Gasteiger partial charge in [-0.2, -0.15) is 0 Å². The standard InChI is InChI=1S/C39H63ClO4/c1-3-5-7-9-11-13-15-17-19-21-23-25-27-29-31-33-38(41)43-35-37(40)36-44-39(42)34-32-30-28-26-24-22-20-18-16-14-12-10-8-6-4-2/h5-8,11-14,17-20,37H,3-4,9-10,15-16,21-36H2,1-2H3/b7-5-,8-6-,13-11-,14-12-,19-17-,20-18-. The molecule has 0 fully saturated rings. The molecule has 0 atom stereocenters. The summed E-state index contributed by atoms with van der Waals surface area (Å²) >= 11 is 6.19. The van der Waals surface area contributed by atoms with E-state index in [-0.39, 0.29) is 25.2 Å². The number of ether oxygens (including phenoxy) is 2. The number of hydrogen-bond acceptors (Lipinski definition) is 4. The van der Waals surface area contributed by atoms with Gasteiger partial charge in [-0.1, -0.05) is 125 Å². The zero-order chi connectivity index (χ0) is 32.2. The number of hydrogen-bond donors (Lipinski definition) is 0. The molecular weight excluding hydrogens is 568 g/mol. The third kappa shape index (κ3) is 34.2. The molecule has 0 unspecified atom stereocenters. The van der Waals surface area contributed by atoms with Gasteiger partial charge in [0.25, 0.3) is 0 Å². The molecule has 0 aliphatic carbocycles. The van der Waals surface area contributed by atoms with Gasteiger partial charge in [0.15, 0.2) is 0 Å². The largest absolute Gasteiger partial charge is 0.464 e. The van der Waals surface area contributed by atoms with E-state index in [0.717, 1.165) is 89.9 Å². The lowest BCUT2D eigenvalue weighted by Crippen LogP contribution is -2.21. The lowest BCUT2D eigenvalue weighted by molar-refractivity contribution is -0.146. The van der Waals surface area contributed by atoms with Gasteiger partial charge in [-0.15, -0.1) is 11.6 Å². The normalized spacial score (nSPS) is 12.5. The third-order valence-electron chi connectivity index (χ3n) is 6.91. The van der Waals surface area contributed by atoms with Gasteiger partial charge in [0, 0.05) is 12.8 Å². The van der Waals surface area contributed by atoms with Gasteiger partial charge in [0.2, 0.25) is 0 Å². The Morgan fingerprint density at radius 2 is 0.795 bits per heavy atom. The molecule has 4 nitrogen and oxygen atoms in total. The first kappa shape index (κ1) is 41.7. The predicted octanol–water partition coefficient (Wildman–Crippen LogP) is 11.9. The number of halogens is 1. The van der Waals surface area contributed by atoms with Crippen molar-refractivity contribution >= 4 is 23.5 Å². The van der Waals surface area contributed by atoms with Gasteiger partial charge in [0.05, 0.1) is 0 Å². The van der Waals surface area contributed by atoms with Crippen molar-refractivity contribution in [1.82, 2.24) is 0 Å². The molecule has 0 bridgehead atoms. The van der Waals surface area contributed by atoms with E-state index in [2.05, 4.69) is 86.8 Å². The maximum absolute atomic E-state index is 12.0. The summed E-state index contributed by atoms with van der Waals surface area (Å²) in [5.74, 6) is -0.461. The molecular formula is C39H63ClO4. The summed E-state index contributed by atoms with van der Waals surface area (Å²) in [6.45, 7) is 4.45. The smallest absolute Gasteiger partial charge is 0.305 e. The van der Waals surface area contributed by atoms with Crippen LogP contribution in [0.1, 0.15) is 142 Å². The summed E-state index contributed by atoms with van der Waals surface area (Å²) in [5.41, 5.74) is 0. The minimum absolute atomic E-state index is 0.0751. The van der Waals surface area contributed by atoms with Crippen molar-refractivity contribution in [3.63, 3.8) is 0 Å². The second-order valence-corrected chi connectivity index (χ2v) is 11.8. The van der Waals surface area contributed by atoms with Gasteiger partial charge in [0.1, 0.15) is 18.6 Å². The van der Waals surface area contributed by atoms with E-state index in [1.165, 1.54) is 25.7 Å². The quantitative estimate of drug-likeness (QED) is 0.0343. The van der Waals surface area contributed by atoms with Crippen LogP contribution in [0.2, 0.25) is 0 Å². The Morgan fingerprint density at radius 3 is 1.18 bits per heavy atom. The first-order chi connectivity index (χ1) is 21.6. The minimum atomic E-state index is -0.509. The topological polar surface area (TPSA) is 52.6 Å². The van der Waals surface area contributed by atoms with E-state index in [4.69, 9.17) is 21.1 Å². The minimum Gasteiger partial charge on any atom is -0.464 e. The Labute approximate surface area is 275 Å². The van der Waals surface area contributed by atoms with Crippen LogP contribution >= 0.6 is 11.6 Å². The van der Waals surface area contributed by atoms with Crippen molar-refractivity contribution in [2.75, 3.05) is 13.2 Å². The van der Waals surface area contributed by atoms with Crippen LogP contribution in [0.5, 0.6) is 0 Å². The zero-order valence-corrected chi connectivity index (χ0v) is 28.8. The summed E-state index contributed by atoms with van der Waals surface area (Å²) in [5, 5.41) is -0.509. The van der Waals surface area contributed by atoms with Gasteiger partial charge in [-0.05, 0) is 77.0 Å². The average molecular weight is 631 g/mol. The molecule has 0 aliphatic heterocycles. The first-order valence-electron chi connectivity index (χ1n) is 17.4. The lowest BCUT2D eigenvalue weighted by atomic mass is 10.1. The Morgan fingerprint density at radius 1 is 0.477 bits per heavy atom. The summed E-state index contributed by atoms with van der Waals surface area (Å²) < 4.78 is 10.5. The molecule has 0 aromatic rings. The Kier molecular flexibility index (Phi) is 33.3. The number of carbonyl (C=O) groups excluding carboxylic acids is 2. The second kappa shape index (κ2) is 35.2. The molecule has 0 aromatic heterocycles. The highest BCUT2D eigenvalue weighted by molar-refractivity contribution is 6.21. The monoisotopic (exact) mass is 630 g/mol. The van der Waals surface area contributed by atoms with Crippen LogP contribution in [0.3, 0.4) is 0 Å². The van der Waals surface area contributed by atoms with E-state index in [9.17, 15) is 9.59 Å². The Balaban J connectivity index is 3.53. The highest BCUT2D eigenvalue weighted by atomic mass is 35.5. The Hall–Kier alpha value is -2.33. The number of rotatable bonds is 30. The van der Waals surface area contributed by atoms with E-state index in [1.807, 2.05) is 0 Å². The van der Waals surface area contributed by atoms with Crippen LogP contribution in [0.15, 0.2) is 72.9 Å². The van der Waals surface area contributed by atoms with Crippen LogP contribution < -0.4 is 0 Å². The number of allylic oxidation sites excluding steroid dienone is 12. The summed E-state index contributed by atoms with van der Waals surface area (Å²) in [4.78, 5) is 23.9. The van der Waals surface area contributed by atoms with Crippen molar-refractivity contribution in [3.8, 4) is 0 Å². The molecule has 0 saturated heterocycles. The fourth-order valence-corrected chi connectivity index (χ4v) is 4.46. The maximum atomic E-state index is 12.0. The summed E-state index contributed by atoms with van der Waals surface area (Å²) in [6, 6.07) is 0. The van der Waals surface area contributed by atoms with Gasteiger partial charge >= 0.3 is 11.9 Å². The zero-order valence-electron chi connectivity index (χ0n) is 28.1. The molecule has 0 aliphatic rings. The summed E-state index contributed by atoms with van der Waals surface area (Å²) in [7, 11) is 0. The van der Waals surface area contributed by atoms with E-state index >= 15 is 0 Å². The molecule has 250 valence electrons. The van der Waals surface area contributed by atoms with E-state index in [0.29, 0.717) is 12.8 Å². The van der Waals surface area contributed by atoms with Crippen molar-refractivity contribution < 1.29 is 19.1 Å². The van der Waals surface area contributed by atoms with Crippen LogP contribution in [-0.2, 0) is 19.1 Å². The molecule has 0 aromatic carbocycles. The van der Waals surface area contributed by atoms with Gasteiger partial charge in [-0.3, -0.25) is 9.59 Å². The molecule has 44 heavy (non-hydrogen) atoms. The van der Waals surface area contributed by atoms with Gasteiger partial charge in [-0.25, -0.2) is 0 Å². The molecule has 0 amide bonds. The number of esters is 2. The average Bonchev–Trinajstić information content (AvgIpc) is 3.02. The highest BCUT2D eigenvalue weighted by Gasteiger charge is 2.12. The van der Waals surface area contributed by atoms with Crippen LogP contribution in [0.25, 0.3) is 0 Å². The molecule has 0 spiro atoms. The van der Waals surface area contributed by atoms with Crippen molar-refractivity contribution in [2.45, 2.75) is 148 Å². The predicted molar refractivity (Wildman–Crippen MR) is 190 cm³/mol. The van der Waals surface area contributed by atoms with Crippen molar-refractivity contribution in [1.29, 1.82) is 0 Å². The number of unbranched alkanes of at least 4 members (excludes halogenated alkanes) is 10. The fourth-order valence-electron chi connectivity index (χ4n) is 4.34. The molecule has 5 heteroatoms. The van der Waals surface area contributed by atoms with E-state index in [1.54, 1.807) is 0 Å². The molecule has 0 saturated carbocycles. The SMILES string of the molecule is CC/C=C\C/C=C\C/C=C\CCCCCCCC(=O)OCC(Cl)COC(=O)CCCCCCC/C=C\C/C=C\C/C=C\CC. The highest BCUT2D eigenvalue weighted by Crippen LogP contribution is 2.11. The fraction of sp³-hybridized carbons (Fsp3) is 0.641. The third-order valence-corrected chi connectivity index (χ3v) is 7.17. The number of carbonyl (C=O) groups is 2. The molecule has 0 rings (SSSR count). The molecule has 0 heterocycles. The van der Waals surface area contributed by atoms with Crippen LogP contribution in [0, 0.1) is 0 Å². The Bertz CT molecular complexity index is 769.